The molecule has 0 radical (unpaired) electrons. The van der Waals surface area contributed by atoms with Gasteiger partial charge in [-0.2, -0.15) is 0 Å². The van der Waals surface area contributed by atoms with Gasteiger partial charge in [0.25, 0.3) is 0 Å². The summed E-state index contributed by atoms with van der Waals surface area (Å²) in [7, 11) is 0. The van der Waals surface area contributed by atoms with E-state index in [4.69, 9.17) is 0 Å². The quantitative estimate of drug-likeness (QED) is 0.860. The average Bonchev–Trinajstić information content (AvgIpc) is 2.62. The van der Waals surface area contributed by atoms with Crippen LogP contribution in [-0.2, 0) is 0 Å². The van der Waals surface area contributed by atoms with Gasteiger partial charge in [-0.1, -0.05) is 59.7 Å². The summed E-state index contributed by atoms with van der Waals surface area (Å²) >= 11 is 0. The number of benzene rings is 2. The van der Waals surface area contributed by atoms with Crippen molar-refractivity contribution >= 4 is 0 Å². The van der Waals surface area contributed by atoms with Crippen molar-refractivity contribution in [3.63, 3.8) is 0 Å². The number of aryl methyl sites for hydroxylation is 2. The highest BCUT2D eigenvalue weighted by Gasteiger charge is 2.15. The van der Waals surface area contributed by atoms with Gasteiger partial charge in [0.15, 0.2) is 0 Å². The Labute approximate surface area is 146 Å². The fourth-order valence-corrected chi connectivity index (χ4v) is 3.58. The Morgan fingerprint density at radius 1 is 0.833 bits per heavy atom. The Hall–Kier alpha value is -1.64. The molecule has 0 atom stereocenters. The minimum Gasteiger partial charge on any atom is -0.314 e. The molecule has 0 unspecified atom stereocenters. The molecular weight excluding hydrogens is 292 g/mol. The van der Waals surface area contributed by atoms with E-state index in [0.717, 1.165) is 13.1 Å². The first-order valence-electron chi connectivity index (χ1n) is 9.28. The van der Waals surface area contributed by atoms with Crippen molar-refractivity contribution in [3.8, 4) is 0 Å². The second kappa shape index (κ2) is 8.46. The lowest BCUT2D eigenvalue weighted by molar-refractivity contribution is 0.235. The van der Waals surface area contributed by atoms with E-state index >= 15 is 0 Å². The molecule has 0 amide bonds. The van der Waals surface area contributed by atoms with E-state index in [0.29, 0.717) is 5.92 Å². The number of nitrogens with zero attached hydrogens (tertiary/aromatic N) is 1. The van der Waals surface area contributed by atoms with Crippen molar-refractivity contribution in [3.05, 3.63) is 70.8 Å². The van der Waals surface area contributed by atoms with E-state index in [2.05, 4.69) is 72.6 Å². The van der Waals surface area contributed by atoms with Gasteiger partial charge in [-0.15, -0.1) is 0 Å². The fraction of sp³-hybridized carbons (Fsp3) is 0.455. The van der Waals surface area contributed by atoms with Crippen molar-refractivity contribution in [1.29, 1.82) is 0 Å². The van der Waals surface area contributed by atoms with E-state index in [1.165, 1.54) is 54.7 Å². The molecule has 0 bridgehead atoms. The molecule has 0 spiro atoms. The monoisotopic (exact) mass is 322 g/mol. The molecule has 128 valence electrons. The molecule has 2 heteroatoms. The van der Waals surface area contributed by atoms with Crippen LogP contribution in [0.5, 0.6) is 0 Å². The third-order valence-electron chi connectivity index (χ3n) is 5.14. The molecule has 2 aromatic rings. The smallest absolute Gasteiger partial charge is 0.0107 e. The molecule has 1 aliphatic heterocycles. The minimum atomic E-state index is 0.508. The van der Waals surface area contributed by atoms with Gasteiger partial charge >= 0.3 is 0 Å². The molecule has 2 aromatic carbocycles. The van der Waals surface area contributed by atoms with Crippen molar-refractivity contribution in [2.75, 3.05) is 32.7 Å². The van der Waals surface area contributed by atoms with Crippen LogP contribution in [0.15, 0.2) is 48.5 Å². The molecule has 1 aliphatic rings. The molecular formula is C22H30N2. The Bertz CT molecular complexity index is 564. The maximum Gasteiger partial charge on any atom is 0.0107 e. The van der Waals surface area contributed by atoms with Crippen molar-refractivity contribution < 1.29 is 0 Å². The van der Waals surface area contributed by atoms with Gasteiger partial charge in [0.1, 0.15) is 0 Å². The SMILES string of the molecule is Cc1ccc(C(CCCN2CCNCC2)c2ccc(C)cc2)cc1. The molecule has 24 heavy (non-hydrogen) atoms. The largest absolute Gasteiger partial charge is 0.314 e. The highest BCUT2D eigenvalue weighted by Crippen LogP contribution is 2.30. The molecule has 1 N–H and O–H groups in total. The lowest BCUT2D eigenvalue weighted by atomic mass is 9.86. The van der Waals surface area contributed by atoms with Crippen molar-refractivity contribution in [2.45, 2.75) is 32.6 Å². The summed E-state index contributed by atoms with van der Waals surface area (Å²) in [6.07, 6.45) is 2.47. The van der Waals surface area contributed by atoms with Crippen LogP contribution in [0, 0.1) is 13.8 Å². The maximum atomic E-state index is 3.43. The maximum absolute atomic E-state index is 3.43. The fourth-order valence-electron chi connectivity index (χ4n) is 3.58. The average molecular weight is 322 g/mol. The lowest BCUT2D eigenvalue weighted by Crippen LogP contribution is -2.43. The number of piperazine rings is 1. The van der Waals surface area contributed by atoms with Gasteiger partial charge in [-0.3, -0.25) is 0 Å². The molecule has 0 aliphatic carbocycles. The van der Waals surface area contributed by atoms with Crippen LogP contribution in [0.1, 0.15) is 41.0 Å². The van der Waals surface area contributed by atoms with Crippen LogP contribution in [0.2, 0.25) is 0 Å². The van der Waals surface area contributed by atoms with Crippen molar-refractivity contribution in [2.24, 2.45) is 0 Å². The Morgan fingerprint density at radius 3 is 1.83 bits per heavy atom. The normalized spacial score (nSPS) is 15.8. The molecule has 3 rings (SSSR count). The van der Waals surface area contributed by atoms with Gasteiger partial charge in [0.2, 0.25) is 0 Å². The van der Waals surface area contributed by atoms with Crippen LogP contribution in [0.3, 0.4) is 0 Å². The summed E-state index contributed by atoms with van der Waals surface area (Å²) in [5.41, 5.74) is 5.57. The highest BCUT2D eigenvalue weighted by atomic mass is 15.2. The van der Waals surface area contributed by atoms with E-state index in [9.17, 15) is 0 Å². The van der Waals surface area contributed by atoms with Crippen LogP contribution < -0.4 is 5.32 Å². The van der Waals surface area contributed by atoms with Crippen LogP contribution in [0.4, 0.5) is 0 Å². The Balaban J connectivity index is 1.69. The molecule has 1 saturated heterocycles. The molecule has 2 nitrogen and oxygen atoms in total. The molecule has 1 fully saturated rings. The first kappa shape index (κ1) is 17.2. The van der Waals surface area contributed by atoms with Gasteiger partial charge in [0.05, 0.1) is 0 Å². The van der Waals surface area contributed by atoms with Gasteiger partial charge < -0.3 is 10.2 Å². The standard InChI is InChI=1S/C22H30N2/c1-18-5-9-20(10-6-18)22(21-11-7-19(2)8-12-21)4-3-15-24-16-13-23-14-17-24/h5-12,22-23H,3-4,13-17H2,1-2H3. The van der Waals surface area contributed by atoms with Crippen molar-refractivity contribution in [1.82, 2.24) is 10.2 Å². The number of rotatable bonds is 6. The van der Waals surface area contributed by atoms with Gasteiger partial charge in [-0.05, 0) is 44.4 Å². The summed E-state index contributed by atoms with van der Waals surface area (Å²) in [6, 6.07) is 18.2. The minimum absolute atomic E-state index is 0.508. The molecule has 1 heterocycles. The predicted molar refractivity (Wildman–Crippen MR) is 103 cm³/mol. The Kier molecular flexibility index (Phi) is 6.06. The van der Waals surface area contributed by atoms with Crippen LogP contribution >= 0.6 is 0 Å². The first-order valence-corrected chi connectivity index (χ1v) is 9.28. The summed E-state index contributed by atoms with van der Waals surface area (Å²) in [5.74, 6) is 0.508. The van der Waals surface area contributed by atoms with Gasteiger partial charge in [-0.25, -0.2) is 0 Å². The second-order valence-electron chi connectivity index (χ2n) is 7.11. The third-order valence-corrected chi connectivity index (χ3v) is 5.14. The molecule has 0 aromatic heterocycles. The van der Waals surface area contributed by atoms with E-state index in [-0.39, 0.29) is 0 Å². The number of hydrogen-bond acceptors (Lipinski definition) is 2. The first-order chi connectivity index (χ1) is 11.7. The molecule has 0 saturated carbocycles. The summed E-state index contributed by atoms with van der Waals surface area (Å²) < 4.78 is 0. The second-order valence-corrected chi connectivity index (χ2v) is 7.11. The van der Waals surface area contributed by atoms with E-state index in [1.54, 1.807) is 0 Å². The number of nitrogens with one attached hydrogen (secondary N) is 1. The van der Waals surface area contributed by atoms with Gasteiger partial charge in [0, 0.05) is 32.1 Å². The van der Waals surface area contributed by atoms with E-state index < -0.39 is 0 Å². The highest BCUT2D eigenvalue weighted by molar-refractivity contribution is 5.35. The van der Waals surface area contributed by atoms with Crippen LogP contribution in [0.25, 0.3) is 0 Å². The zero-order valence-corrected chi connectivity index (χ0v) is 15.1. The summed E-state index contributed by atoms with van der Waals surface area (Å²) in [6.45, 7) is 10.2. The third kappa shape index (κ3) is 4.68. The zero-order chi connectivity index (χ0) is 16.8. The predicted octanol–water partition coefficient (Wildman–Crippen LogP) is 4.12. The number of hydrogen-bond donors (Lipinski definition) is 1. The summed E-state index contributed by atoms with van der Waals surface area (Å²) in [4.78, 5) is 2.60. The topological polar surface area (TPSA) is 15.3 Å². The Morgan fingerprint density at radius 2 is 1.33 bits per heavy atom. The zero-order valence-electron chi connectivity index (χ0n) is 15.1. The lowest BCUT2D eigenvalue weighted by Gasteiger charge is -2.28. The van der Waals surface area contributed by atoms with Crippen LogP contribution in [-0.4, -0.2) is 37.6 Å². The summed E-state index contributed by atoms with van der Waals surface area (Å²) in [5, 5.41) is 3.43. The van der Waals surface area contributed by atoms with E-state index in [1.807, 2.05) is 0 Å².